The zero-order valence-corrected chi connectivity index (χ0v) is 14.7. The van der Waals surface area contributed by atoms with Gasteiger partial charge in [-0.2, -0.15) is 0 Å². The van der Waals surface area contributed by atoms with E-state index >= 15 is 0 Å². The lowest BCUT2D eigenvalue weighted by Gasteiger charge is -2.38. The highest BCUT2D eigenvalue weighted by Crippen LogP contribution is 2.38. The maximum absolute atomic E-state index is 13.6. The molecule has 3 rings (SSSR count). The molecule has 3 amide bonds. The molecule has 0 aromatic heterocycles. The van der Waals surface area contributed by atoms with Crippen LogP contribution in [0.4, 0.5) is 10.1 Å². The third-order valence-corrected chi connectivity index (χ3v) is 5.36. The molecule has 2 saturated heterocycles. The first-order valence-corrected chi connectivity index (χ1v) is 8.83. The molecule has 1 aromatic rings. The molecule has 8 nitrogen and oxygen atoms in total. The van der Waals surface area contributed by atoms with Crippen LogP contribution in [0, 0.1) is 11.2 Å². The highest BCUT2D eigenvalue weighted by molar-refractivity contribution is 5.98. The number of nitrogens with zero attached hydrogens (tertiary/aromatic N) is 1. The van der Waals surface area contributed by atoms with Crippen molar-refractivity contribution in [3.63, 3.8) is 0 Å². The molecule has 2 heterocycles. The van der Waals surface area contributed by atoms with Gasteiger partial charge >= 0.3 is 0 Å². The summed E-state index contributed by atoms with van der Waals surface area (Å²) in [7, 11) is 0. The van der Waals surface area contributed by atoms with Crippen molar-refractivity contribution in [2.45, 2.75) is 31.5 Å². The predicted molar refractivity (Wildman–Crippen MR) is 92.9 cm³/mol. The van der Waals surface area contributed by atoms with Gasteiger partial charge in [0.2, 0.25) is 5.91 Å². The van der Waals surface area contributed by atoms with Crippen LogP contribution in [0.5, 0.6) is 0 Å². The Morgan fingerprint density at radius 1 is 1.15 bits per heavy atom. The largest absolute Gasteiger partial charge is 0.380 e. The SMILES string of the molecule is O=C(Nc1ccccc1F)[C@@H](O)[C@H](O)C(=O)N1CCC2(CCNC2=O)CC1. The Hall–Kier alpha value is -2.52. The molecule has 0 saturated carbocycles. The zero-order chi connectivity index (χ0) is 19.6. The number of hydrogen-bond acceptors (Lipinski definition) is 5. The number of likely N-dealkylation sites (tertiary alicyclic amines) is 1. The number of carbonyl (C=O) groups is 3. The molecule has 2 fully saturated rings. The van der Waals surface area contributed by atoms with Crippen molar-refractivity contribution < 1.29 is 29.0 Å². The molecule has 0 aliphatic carbocycles. The molecular formula is C18H22FN3O5. The van der Waals surface area contributed by atoms with Crippen LogP contribution < -0.4 is 10.6 Å². The Balaban J connectivity index is 1.57. The molecule has 1 spiro atoms. The van der Waals surface area contributed by atoms with Crippen LogP contribution in [-0.2, 0) is 14.4 Å². The van der Waals surface area contributed by atoms with Crippen LogP contribution in [0.15, 0.2) is 24.3 Å². The molecule has 2 atom stereocenters. The Labute approximate surface area is 155 Å². The first-order chi connectivity index (χ1) is 12.8. The van der Waals surface area contributed by atoms with E-state index in [1.807, 2.05) is 0 Å². The molecule has 9 heteroatoms. The average Bonchev–Trinajstić information content (AvgIpc) is 3.02. The van der Waals surface area contributed by atoms with Crippen LogP contribution in [0.2, 0.25) is 0 Å². The second-order valence-electron chi connectivity index (χ2n) is 6.97. The van der Waals surface area contributed by atoms with E-state index in [0.717, 1.165) is 6.07 Å². The highest BCUT2D eigenvalue weighted by atomic mass is 19.1. The van der Waals surface area contributed by atoms with Gasteiger partial charge in [0.15, 0.2) is 12.2 Å². The van der Waals surface area contributed by atoms with Gasteiger partial charge in [-0.25, -0.2) is 4.39 Å². The second kappa shape index (κ2) is 7.61. The van der Waals surface area contributed by atoms with Crippen molar-refractivity contribution in [1.82, 2.24) is 10.2 Å². The number of piperidine rings is 1. The lowest BCUT2D eigenvalue weighted by atomic mass is 9.77. The van der Waals surface area contributed by atoms with Gasteiger partial charge in [0.05, 0.1) is 11.1 Å². The van der Waals surface area contributed by atoms with Crippen LogP contribution in [0.25, 0.3) is 0 Å². The number of carbonyl (C=O) groups excluding carboxylic acids is 3. The number of para-hydroxylation sites is 1. The minimum Gasteiger partial charge on any atom is -0.380 e. The van der Waals surface area contributed by atoms with E-state index in [4.69, 9.17) is 0 Å². The molecule has 27 heavy (non-hydrogen) atoms. The van der Waals surface area contributed by atoms with Crippen LogP contribution in [0.1, 0.15) is 19.3 Å². The Morgan fingerprint density at radius 2 is 1.81 bits per heavy atom. The summed E-state index contributed by atoms with van der Waals surface area (Å²) in [5.41, 5.74) is -0.629. The summed E-state index contributed by atoms with van der Waals surface area (Å²) in [6, 6.07) is 5.36. The standard InChI is InChI=1S/C18H22FN3O5/c19-11-3-1-2-4-12(11)21-15(25)13(23)14(24)16(26)22-9-6-18(7-10-22)5-8-20-17(18)27/h1-4,13-14,23-24H,5-10H2,(H,20,27)(H,21,25)/t13-,14-/m0/s1. The fourth-order valence-corrected chi connectivity index (χ4v) is 3.58. The first-order valence-electron chi connectivity index (χ1n) is 8.83. The average molecular weight is 379 g/mol. The topological polar surface area (TPSA) is 119 Å². The molecule has 0 unspecified atom stereocenters. The number of aliphatic hydroxyl groups is 2. The van der Waals surface area contributed by atoms with Gasteiger partial charge in [0, 0.05) is 19.6 Å². The van der Waals surface area contributed by atoms with Gasteiger partial charge in [-0.05, 0) is 31.4 Å². The summed E-state index contributed by atoms with van der Waals surface area (Å²) in [5, 5.41) is 25.0. The van der Waals surface area contributed by atoms with E-state index in [9.17, 15) is 29.0 Å². The molecule has 1 aromatic carbocycles. The smallest absolute Gasteiger partial charge is 0.256 e. The van der Waals surface area contributed by atoms with Gasteiger partial charge in [-0.1, -0.05) is 12.1 Å². The number of benzene rings is 1. The second-order valence-corrected chi connectivity index (χ2v) is 6.97. The minimum absolute atomic E-state index is 0.0144. The van der Waals surface area contributed by atoms with Crippen molar-refractivity contribution in [2.24, 2.45) is 5.41 Å². The van der Waals surface area contributed by atoms with Gasteiger partial charge in [-0.3, -0.25) is 14.4 Å². The normalized spacial score (nSPS) is 20.9. The van der Waals surface area contributed by atoms with Crippen molar-refractivity contribution >= 4 is 23.4 Å². The van der Waals surface area contributed by atoms with E-state index in [1.165, 1.54) is 23.1 Å². The number of rotatable bonds is 4. The molecular weight excluding hydrogens is 357 g/mol. The maximum Gasteiger partial charge on any atom is 0.256 e. The van der Waals surface area contributed by atoms with E-state index < -0.39 is 35.3 Å². The monoisotopic (exact) mass is 379 g/mol. The van der Waals surface area contributed by atoms with Gasteiger partial charge in [0.25, 0.3) is 11.8 Å². The summed E-state index contributed by atoms with van der Waals surface area (Å²) in [6.45, 7) is 1.13. The van der Waals surface area contributed by atoms with Gasteiger partial charge < -0.3 is 25.7 Å². The van der Waals surface area contributed by atoms with Crippen LogP contribution >= 0.6 is 0 Å². The number of hydrogen-bond donors (Lipinski definition) is 4. The van der Waals surface area contributed by atoms with Gasteiger partial charge in [-0.15, -0.1) is 0 Å². The number of amides is 3. The summed E-state index contributed by atoms with van der Waals surface area (Å²) < 4.78 is 13.6. The zero-order valence-electron chi connectivity index (χ0n) is 14.7. The van der Waals surface area contributed by atoms with Crippen molar-refractivity contribution in [3.05, 3.63) is 30.1 Å². The third-order valence-electron chi connectivity index (χ3n) is 5.36. The van der Waals surface area contributed by atoms with Gasteiger partial charge in [0.1, 0.15) is 5.82 Å². The Kier molecular flexibility index (Phi) is 5.43. The Bertz CT molecular complexity index is 748. The van der Waals surface area contributed by atoms with E-state index in [-0.39, 0.29) is 24.7 Å². The van der Waals surface area contributed by atoms with Crippen LogP contribution in [-0.4, -0.2) is 64.7 Å². The third kappa shape index (κ3) is 3.79. The molecule has 4 N–H and O–H groups in total. The van der Waals surface area contributed by atoms with Crippen molar-refractivity contribution in [1.29, 1.82) is 0 Å². The summed E-state index contributed by atoms with van der Waals surface area (Å²) in [5.74, 6) is -2.58. The molecule has 146 valence electrons. The molecule has 2 aliphatic rings. The van der Waals surface area contributed by atoms with E-state index in [1.54, 1.807) is 0 Å². The number of nitrogens with one attached hydrogen (secondary N) is 2. The maximum atomic E-state index is 13.6. The first kappa shape index (κ1) is 19.2. The summed E-state index contributed by atoms with van der Waals surface area (Å²) in [6.07, 6.45) is -2.36. The lowest BCUT2D eigenvalue weighted by Crippen LogP contribution is -2.53. The van der Waals surface area contributed by atoms with Crippen molar-refractivity contribution in [3.8, 4) is 0 Å². The predicted octanol–water partition coefficient (Wildman–Crippen LogP) is -0.385. The summed E-state index contributed by atoms with van der Waals surface area (Å²) in [4.78, 5) is 37.7. The minimum atomic E-state index is -2.04. The molecule has 0 bridgehead atoms. The molecule has 2 aliphatic heterocycles. The van der Waals surface area contributed by atoms with Crippen LogP contribution in [0.3, 0.4) is 0 Å². The Morgan fingerprint density at radius 3 is 2.41 bits per heavy atom. The fraction of sp³-hybridized carbons (Fsp3) is 0.500. The molecule has 0 radical (unpaired) electrons. The summed E-state index contributed by atoms with van der Waals surface area (Å²) >= 11 is 0. The lowest BCUT2D eigenvalue weighted by molar-refractivity contribution is -0.154. The fourth-order valence-electron chi connectivity index (χ4n) is 3.58. The van der Waals surface area contributed by atoms with E-state index in [0.29, 0.717) is 25.8 Å². The number of aliphatic hydroxyl groups excluding tert-OH is 2. The highest BCUT2D eigenvalue weighted by Gasteiger charge is 2.46. The quantitative estimate of drug-likeness (QED) is 0.568. The van der Waals surface area contributed by atoms with E-state index in [2.05, 4.69) is 10.6 Å². The number of halogens is 1. The van der Waals surface area contributed by atoms with Crippen molar-refractivity contribution in [2.75, 3.05) is 25.0 Å². The number of anilines is 1.